The van der Waals surface area contributed by atoms with E-state index in [1.54, 1.807) is 12.1 Å². The van der Waals surface area contributed by atoms with Gasteiger partial charge in [-0.25, -0.2) is 0 Å². The molecule has 4 aromatic carbocycles. The predicted octanol–water partition coefficient (Wildman–Crippen LogP) is 11.5. The van der Waals surface area contributed by atoms with Crippen molar-refractivity contribution in [3.05, 3.63) is 143 Å². The molecule has 0 spiro atoms. The molecule has 4 aromatic heterocycles. The van der Waals surface area contributed by atoms with E-state index in [4.69, 9.17) is 17.6 Å². The first-order valence-electron chi connectivity index (χ1n) is 19.4. The molecule has 0 bridgehead atoms. The van der Waals surface area contributed by atoms with Crippen molar-refractivity contribution in [3.8, 4) is 28.3 Å². The van der Waals surface area contributed by atoms with Gasteiger partial charge < -0.3 is 14.0 Å². The summed E-state index contributed by atoms with van der Waals surface area (Å²) in [5, 5.41) is 2.17. The zero-order valence-corrected chi connectivity index (χ0v) is 30.9. The minimum Gasteiger partial charge on any atom is -0.501 e. The van der Waals surface area contributed by atoms with Gasteiger partial charge in [0.2, 0.25) is 0 Å². The van der Waals surface area contributed by atoms with Crippen LogP contribution in [0.5, 0.6) is 0 Å². The van der Waals surface area contributed by atoms with Crippen LogP contribution in [0.1, 0.15) is 75.7 Å². The van der Waals surface area contributed by atoms with Crippen LogP contribution in [0.2, 0.25) is 0 Å². The molecule has 0 atom stereocenters. The first kappa shape index (κ1) is 27.9. The fourth-order valence-electron chi connectivity index (χ4n) is 6.24. The van der Waals surface area contributed by atoms with Gasteiger partial charge >= 0.3 is 0 Å². The van der Waals surface area contributed by atoms with Crippen LogP contribution in [0, 0.1) is 32.8 Å². The van der Waals surface area contributed by atoms with Gasteiger partial charge in [0.25, 0.3) is 0 Å². The SMILES string of the molecule is Cc1cc2nc(-c3[c-]ccc4c3oc3ccccc34)n(-c3c(C(C)C)cccc3C(C)C)c2cn1.[2H]C([2H])([2H])c1c[c-]c(-c2ccc(C([2H])([2H])[2H])cn2)cc1.[Ir]. The van der Waals surface area contributed by atoms with Gasteiger partial charge in [-0.3, -0.25) is 9.97 Å². The number of benzene rings is 4. The van der Waals surface area contributed by atoms with Gasteiger partial charge in [0.05, 0.1) is 28.6 Å². The summed E-state index contributed by atoms with van der Waals surface area (Å²) >= 11 is 0. The van der Waals surface area contributed by atoms with Gasteiger partial charge in [0, 0.05) is 51.3 Å². The zero-order valence-electron chi connectivity index (χ0n) is 34.5. The molecular weight excluding hydrogens is 793 g/mol. The maximum atomic E-state index is 7.28. The number of pyridine rings is 2. The van der Waals surface area contributed by atoms with E-state index in [1.807, 2.05) is 37.4 Å². The van der Waals surface area contributed by atoms with E-state index in [2.05, 4.69) is 90.8 Å². The molecule has 0 aliphatic heterocycles. The minimum atomic E-state index is -2.18. The molecule has 0 N–H and O–H groups in total. The van der Waals surface area contributed by atoms with Gasteiger partial charge in [-0.15, -0.1) is 53.6 Å². The number of hydrogen-bond acceptors (Lipinski definition) is 4. The minimum absolute atomic E-state index is 0. The third-order valence-electron chi connectivity index (χ3n) is 8.66. The smallest absolute Gasteiger partial charge is 0.120 e. The summed E-state index contributed by atoms with van der Waals surface area (Å²) in [6, 6.07) is 34.8. The Balaban J connectivity index is 0.000000217. The van der Waals surface area contributed by atoms with Crippen LogP contribution in [-0.4, -0.2) is 19.5 Å². The van der Waals surface area contributed by atoms with Crippen molar-refractivity contribution in [2.75, 3.05) is 0 Å². The van der Waals surface area contributed by atoms with E-state index in [1.165, 1.54) is 41.2 Å². The quantitative estimate of drug-likeness (QED) is 0.162. The number of aromatic nitrogens is 4. The molecule has 8 aromatic rings. The van der Waals surface area contributed by atoms with E-state index < -0.39 is 13.7 Å². The molecule has 0 unspecified atom stereocenters. The Morgan fingerprint density at radius 1 is 0.780 bits per heavy atom. The van der Waals surface area contributed by atoms with E-state index in [-0.39, 0.29) is 31.2 Å². The second-order valence-corrected chi connectivity index (χ2v) is 12.8. The van der Waals surface area contributed by atoms with Crippen molar-refractivity contribution < 1.29 is 32.7 Å². The Morgan fingerprint density at radius 3 is 2.22 bits per heavy atom. The van der Waals surface area contributed by atoms with E-state index >= 15 is 0 Å². The standard InChI is InChI=1S/C31H28N3O.C13H12N.Ir/c1-18(2)21-11-8-12-22(19(3)4)29(21)34-27-17-32-20(5)16-26(27)33-31(34)25-14-9-13-24-23-10-6-7-15-28(23)35-30(24)25;1-10-3-6-12(7-4-10)13-8-5-11(2)9-14-13;/h6-13,15-19H,1-5H3;3-6,8-9H,1-2H3;/q2*-1;/i;1D3,2D3;. The number of rotatable bonds is 5. The van der Waals surface area contributed by atoms with Gasteiger partial charge in [0.1, 0.15) is 5.58 Å². The van der Waals surface area contributed by atoms with Crippen molar-refractivity contribution in [3.63, 3.8) is 0 Å². The number of para-hydroxylation sites is 2. The Labute approximate surface area is 316 Å². The van der Waals surface area contributed by atoms with Gasteiger partial charge in [0.15, 0.2) is 0 Å². The number of fused-ring (bicyclic) bond motifs is 4. The van der Waals surface area contributed by atoms with Crippen LogP contribution in [0.3, 0.4) is 0 Å². The van der Waals surface area contributed by atoms with Crippen molar-refractivity contribution in [2.45, 2.75) is 60.2 Å². The molecule has 4 heterocycles. The van der Waals surface area contributed by atoms with Crippen LogP contribution in [0.25, 0.3) is 61.3 Å². The van der Waals surface area contributed by atoms with Crippen LogP contribution < -0.4 is 0 Å². The molecule has 5 nitrogen and oxygen atoms in total. The van der Waals surface area contributed by atoms with Crippen molar-refractivity contribution >= 4 is 33.0 Å². The van der Waals surface area contributed by atoms with E-state index in [0.29, 0.717) is 23.1 Å². The number of furan rings is 1. The molecule has 0 saturated heterocycles. The number of hydrogen-bond donors (Lipinski definition) is 0. The molecule has 0 amide bonds. The molecule has 0 saturated carbocycles. The van der Waals surface area contributed by atoms with Crippen molar-refractivity contribution in [1.82, 2.24) is 19.5 Å². The Morgan fingerprint density at radius 2 is 1.54 bits per heavy atom. The summed E-state index contributed by atoms with van der Waals surface area (Å²) in [6.07, 6.45) is 3.25. The summed E-state index contributed by atoms with van der Waals surface area (Å²) in [4.78, 5) is 13.9. The van der Waals surface area contributed by atoms with Crippen LogP contribution in [0.4, 0.5) is 0 Å². The summed E-state index contributed by atoms with van der Waals surface area (Å²) in [5.41, 5.74) is 10.7. The summed E-state index contributed by atoms with van der Waals surface area (Å²) in [6.45, 7) is 6.65. The normalized spacial score (nSPS) is 13.6. The fraction of sp³-hybridized carbons (Fsp3) is 0.205. The molecule has 0 aliphatic rings. The summed E-state index contributed by atoms with van der Waals surface area (Å²) in [7, 11) is 0. The third-order valence-corrected chi connectivity index (χ3v) is 8.66. The van der Waals surface area contributed by atoms with Crippen LogP contribution >= 0.6 is 0 Å². The average Bonchev–Trinajstić information content (AvgIpc) is 3.72. The van der Waals surface area contributed by atoms with Crippen molar-refractivity contribution in [1.29, 1.82) is 0 Å². The summed E-state index contributed by atoms with van der Waals surface area (Å²) in [5.74, 6) is 1.52. The molecular formula is C44H40IrN4O-2. The first-order chi connectivity index (χ1) is 26.1. The van der Waals surface area contributed by atoms with Crippen molar-refractivity contribution in [2.24, 2.45) is 0 Å². The number of nitrogens with zero attached hydrogens (tertiary/aromatic N) is 4. The molecule has 6 heteroatoms. The maximum Gasteiger partial charge on any atom is 0.120 e. The second-order valence-electron chi connectivity index (χ2n) is 12.8. The number of imidazole rings is 1. The van der Waals surface area contributed by atoms with Crippen LogP contribution in [0.15, 0.2) is 108 Å². The molecule has 0 fully saturated rings. The molecule has 0 aliphatic carbocycles. The van der Waals surface area contributed by atoms with Gasteiger partial charge in [-0.1, -0.05) is 94.0 Å². The van der Waals surface area contributed by atoms with Gasteiger partial charge in [-0.2, -0.15) is 0 Å². The second kappa shape index (κ2) is 14.5. The number of aryl methyl sites for hydroxylation is 3. The molecule has 50 heavy (non-hydrogen) atoms. The topological polar surface area (TPSA) is 56.7 Å². The maximum absolute atomic E-state index is 7.28. The Kier molecular flexibility index (Phi) is 8.10. The van der Waals surface area contributed by atoms with E-state index in [0.717, 1.165) is 50.1 Å². The Hall–Kier alpha value is -4.90. The summed E-state index contributed by atoms with van der Waals surface area (Å²) < 4.78 is 52.3. The predicted molar refractivity (Wildman–Crippen MR) is 201 cm³/mol. The molecule has 253 valence electrons. The fourth-order valence-corrected chi connectivity index (χ4v) is 6.24. The average molecular weight is 839 g/mol. The Bertz CT molecular complexity index is 2560. The molecule has 1 radical (unpaired) electrons. The van der Waals surface area contributed by atoms with Gasteiger partial charge in [-0.05, 0) is 60.1 Å². The monoisotopic (exact) mass is 839 g/mol. The first-order valence-corrected chi connectivity index (χ1v) is 16.4. The van der Waals surface area contributed by atoms with E-state index in [9.17, 15) is 0 Å². The molecule has 8 rings (SSSR count). The third kappa shape index (κ3) is 6.66. The van der Waals surface area contributed by atoms with Crippen LogP contribution in [-0.2, 0) is 20.1 Å². The zero-order chi connectivity index (χ0) is 39.2. The largest absolute Gasteiger partial charge is 0.501 e.